The number of nitrogens with zero attached hydrogens (tertiary/aromatic N) is 3. The lowest BCUT2D eigenvalue weighted by Gasteiger charge is -2.23. The van der Waals surface area contributed by atoms with Gasteiger partial charge in [0.1, 0.15) is 5.52 Å². The number of pyridine rings is 1. The molecule has 0 aromatic carbocycles. The molecule has 86 valence electrons. The van der Waals surface area contributed by atoms with E-state index in [2.05, 4.69) is 30.1 Å². The van der Waals surface area contributed by atoms with E-state index in [1.807, 2.05) is 22.4 Å². The molecule has 0 radical (unpaired) electrons. The quantitative estimate of drug-likeness (QED) is 0.887. The van der Waals surface area contributed by atoms with Crippen molar-refractivity contribution in [2.75, 3.05) is 12.0 Å². The second-order valence-electron chi connectivity index (χ2n) is 4.38. The molecular weight excluding hydrogens is 220 g/mol. The molecule has 0 saturated heterocycles. The number of imidazole rings is 1. The van der Waals surface area contributed by atoms with E-state index < -0.39 is 0 Å². The van der Waals surface area contributed by atoms with Crippen LogP contribution in [0.25, 0.3) is 11.0 Å². The molecule has 0 bridgehead atoms. The Morgan fingerprint density at radius 1 is 1.50 bits per heavy atom. The maximum absolute atomic E-state index is 5.93. The largest absolute Gasteiger partial charge is 0.369 e. The van der Waals surface area contributed by atoms with Crippen molar-refractivity contribution < 1.29 is 0 Å². The van der Waals surface area contributed by atoms with E-state index in [1.54, 1.807) is 12.4 Å². The molecule has 2 N–H and O–H groups in total. The molecule has 0 aliphatic carbocycles. The van der Waals surface area contributed by atoms with Gasteiger partial charge in [-0.15, -0.1) is 0 Å². The molecule has 4 nitrogen and oxygen atoms in total. The average Bonchev–Trinajstić information content (AvgIpc) is 2.56. The third-order valence-corrected chi connectivity index (χ3v) is 3.91. The summed E-state index contributed by atoms with van der Waals surface area (Å²) in [6.07, 6.45) is 5.62. The monoisotopic (exact) mass is 236 g/mol. The number of aromatic nitrogens is 3. The Morgan fingerprint density at radius 3 is 2.94 bits per heavy atom. The fourth-order valence-electron chi connectivity index (χ4n) is 1.61. The lowest BCUT2D eigenvalue weighted by Crippen LogP contribution is -2.23. The van der Waals surface area contributed by atoms with Crippen molar-refractivity contribution >= 4 is 28.7 Å². The highest BCUT2D eigenvalue weighted by atomic mass is 32.2. The minimum atomic E-state index is 0.144. The first kappa shape index (κ1) is 11.3. The zero-order chi connectivity index (χ0) is 11.8. The molecule has 0 aliphatic heterocycles. The Balaban J connectivity index is 2.47. The third-order valence-electron chi connectivity index (χ3n) is 2.67. The number of hydrogen-bond donors (Lipinski definition) is 1. The maximum Gasteiger partial charge on any atom is 0.201 e. The van der Waals surface area contributed by atoms with E-state index in [-0.39, 0.29) is 4.75 Å². The van der Waals surface area contributed by atoms with Gasteiger partial charge in [0.25, 0.3) is 0 Å². The van der Waals surface area contributed by atoms with E-state index in [9.17, 15) is 0 Å². The van der Waals surface area contributed by atoms with Gasteiger partial charge in [0, 0.05) is 17.5 Å². The van der Waals surface area contributed by atoms with Crippen molar-refractivity contribution in [3.63, 3.8) is 0 Å². The molecule has 0 unspecified atom stereocenters. The highest BCUT2D eigenvalue weighted by molar-refractivity contribution is 7.99. The van der Waals surface area contributed by atoms with Gasteiger partial charge in [-0.1, -0.05) is 0 Å². The minimum Gasteiger partial charge on any atom is -0.369 e. The smallest absolute Gasteiger partial charge is 0.201 e. The van der Waals surface area contributed by atoms with Crippen molar-refractivity contribution in [3.05, 3.63) is 18.5 Å². The van der Waals surface area contributed by atoms with Crippen LogP contribution in [-0.2, 0) is 6.54 Å². The first-order valence-electron chi connectivity index (χ1n) is 5.14. The van der Waals surface area contributed by atoms with Crippen LogP contribution >= 0.6 is 11.8 Å². The van der Waals surface area contributed by atoms with Gasteiger partial charge in [0.15, 0.2) is 0 Å². The molecule has 0 spiro atoms. The Morgan fingerprint density at radius 2 is 2.25 bits per heavy atom. The van der Waals surface area contributed by atoms with Gasteiger partial charge in [0.05, 0.1) is 11.7 Å². The summed E-state index contributed by atoms with van der Waals surface area (Å²) in [6, 6.07) is 1.95. The van der Waals surface area contributed by atoms with Crippen molar-refractivity contribution in [2.24, 2.45) is 0 Å². The van der Waals surface area contributed by atoms with Crippen LogP contribution in [0.5, 0.6) is 0 Å². The van der Waals surface area contributed by atoms with Crippen LogP contribution in [0, 0.1) is 0 Å². The summed E-state index contributed by atoms with van der Waals surface area (Å²) in [7, 11) is 0. The summed E-state index contributed by atoms with van der Waals surface area (Å²) in [6.45, 7) is 5.24. The molecule has 2 rings (SSSR count). The summed E-state index contributed by atoms with van der Waals surface area (Å²) in [5.74, 6) is 0.560. The molecule has 0 fully saturated rings. The fourth-order valence-corrected chi connectivity index (χ4v) is 1.87. The van der Waals surface area contributed by atoms with Crippen LogP contribution in [0.3, 0.4) is 0 Å². The van der Waals surface area contributed by atoms with Crippen LogP contribution in [0.1, 0.15) is 13.8 Å². The highest BCUT2D eigenvalue weighted by Gasteiger charge is 2.19. The molecular formula is C11H16N4S. The Hall–Kier alpha value is -1.23. The van der Waals surface area contributed by atoms with Gasteiger partial charge in [-0.05, 0) is 26.2 Å². The predicted molar refractivity (Wildman–Crippen MR) is 69.5 cm³/mol. The maximum atomic E-state index is 5.93. The molecule has 16 heavy (non-hydrogen) atoms. The van der Waals surface area contributed by atoms with E-state index in [1.165, 1.54) is 0 Å². The van der Waals surface area contributed by atoms with Gasteiger partial charge >= 0.3 is 0 Å². The average molecular weight is 236 g/mol. The van der Waals surface area contributed by atoms with Gasteiger partial charge < -0.3 is 10.3 Å². The second-order valence-corrected chi connectivity index (χ2v) is 5.90. The standard InChI is InChI=1S/C11H16N4S/c1-11(2,16-3)7-15-9-4-5-13-6-8(9)14-10(15)12/h4-6H,7H2,1-3H3,(H2,12,14). The summed E-state index contributed by atoms with van der Waals surface area (Å²) >= 11 is 1.82. The molecule has 5 heteroatoms. The third kappa shape index (κ3) is 2.00. The number of nitrogen functional groups attached to an aromatic ring is 1. The number of fused-ring (bicyclic) bond motifs is 1. The van der Waals surface area contributed by atoms with Crippen LogP contribution < -0.4 is 5.73 Å². The van der Waals surface area contributed by atoms with Crippen molar-refractivity contribution in [1.29, 1.82) is 0 Å². The first-order chi connectivity index (χ1) is 7.53. The highest BCUT2D eigenvalue weighted by Crippen LogP contribution is 2.27. The molecule has 2 aromatic heterocycles. The minimum absolute atomic E-state index is 0.144. The Bertz CT molecular complexity index is 504. The Kier molecular flexibility index (Phi) is 2.80. The van der Waals surface area contributed by atoms with Crippen molar-refractivity contribution in [1.82, 2.24) is 14.5 Å². The van der Waals surface area contributed by atoms with Gasteiger partial charge in [0.2, 0.25) is 5.95 Å². The van der Waals surface area contributed by atoms with E-state index in [0.717, 1.165) is 17.6 Å². The van der Waals surface area contributed by atoms with Crippen LogP contribution in [-0.4, -0.2) is 25.5 Å². The lowest BCUT2D eigenvalue weighted by molar-refractivity contribution is 0.585. The number of hydrogen-bond acceptors (Lipinski definition) is 4. The van der Waals surface area contributed by atoms with Crippen molar-refractivity contribution in [3.8, 4) is 0 Å². The van der Waals surface area contributed by atoms with E-state index >= 15 is 0 Å². The van der Waals surface area contributed by atoms with E-state index in [0.29, 0.717) is 5.95 Å². The van der Waals surface area contributed by atoms with E-state index in [4.69, 9.17) is 5.73 Å². The zero-order valence-corrected chi connectivity index (χ0v) is 10.6. The van der Waals surface area contributed by atoms with Crippen LogP contribution in [0.2, 0.25) is 0 Å². The molecule has 0 aliphatic rings. The Labute approximate surface area is 99.3 Å². The number of rotatable bonds is 3. The summed E-state index contributed by atoms with van der Waals surface area (Å²) in [5, 5.41) is 0. The molecule has 2 heterocycles. The van der Waals surface area contributed by atoms with Crippen molar-refractivity contribution in [2.45, 2.75) is 25.1 Å². The van der Waals surface area contributed by atoms with Crippen LogP contribution in [0.4, 0.5) is 5.95 Å². The summed E-state index contributed by atoms with van der Waals surface area (Å²) in [5.41, 5.74) is 7.84. The van der Waals surface area contributed by atoms with Gasteiger partial charge in [-0.3, -0.25) is 4.98 Å². The number of anilines is 1. The fraction of sp³-hybridized carbons (Fsp3) is 0.455. The summed E-state index contributed by atoms with van der Waals surface area (Å²) < 4.78 is 2.19. The molecule has 0 atom stereocenters. The number of thioether (sulfide) groups is 1. The van der Waals surface area contributed by atoms with Crippen LogP contribution in [0.15, 0.2) is 18.5 Å². The molecule has 2 aromatic rings. The second kappa shape index (κ2) is 3.97. The van der Waals surface area contributed by atoms with Gasteiger partial charge in [-0.2, -0.15) is 11.8 Å². The first-order valence-corrected chi connectivity index (χ1v) is 6.37. The zero-order valence-electron chi connectivity index (χ0n) is 9.77. The SMILES string of the molecule is CSC(C)(C)Cn1c(N)nc2cnccc21. The topological polar surface area (TPSA) is 56.7 Å². The predicted octanol–water partition coefficient (Wildman–Crippen LogP) is 2.16. The summed E-state index contributed by atoms with van der Waals surface area (Å²) in [4.78, 5) is 8.35. The van der Waals surface area contributed by atoms with Gasteiger partial charge in [-0.25, -0.2) is 4.98 Å². The normalized spacial score (nSPS) is 12.2. The number of nitrogens with two attached hydrogens (primary N) is 1. The lowest BCUT2D eigenvalue weighted by atomic mass is 10.2. The molecule has 0 amide bonds. The molecule has 0 saturated carbocycles.